The van der Waals surface area contributed by atoms with Crippen LogP contribution < -0.4 is 5.56 Å². The van der Waals surface area contributed by atoms with Crippen LogP contribution in [0, 0.1) is 6.92 Å². The second-order valence-electron chi connectivity index (χ2n) is 8.78. The monoisotopic (exact) mass is 489 g/mol. The van der Waals surface area contributed by atoms with Crippen molar-refractivity contribution in [3.8, 4) is 5.69 Å². The Hall–Kier alpha value is -3.29. The van der Waals surface area contributed by atoms with Gasteiger partial charge in [0.1, 0.15) is 5.82 Å². The van der Waals surface area contributed by atoms with Crippen LogP contribution in [0.15, 0.2) is 88.6 Å². The smallest absolute Gasteiger partial charge is 0.266 e. The van der Waals surface area contributed by atoms with Gasteiger partial charge in [0.2, 0.25) is 10.0 Å². The predicted octanol–water partition coefficient (Wildman–Crippen LogP) is 5.64. The Labute approximate surface area is 206 Å². The molecule has 0 aliphatic rings. The zero-order valence-electron chi connectivity index (χ0n) is 20.4. The number of hydrogen-bond donors (Lipinski definition) is 0. The molecule has 35 heavy (non-hydrogen) atoms. The molecule has 4 aromatic rings. The average molecular weight is 490 g/mol. The third-order valence-corrected chi connectivity index (χ3v) is 8.18. The maximum Gasteiger partial charge on any atom is 0.266 e. The highest BCUT2D eigenvalue weighted by Crippen LogP contribution is 2.29. The zero-order chi connectivity index (χ0) is 25.0. The largest absolute Gasteiger partial charge is 0.268 e. The lowest BCUT2D eigenvalue weighted by Crippen LogP contribution is -2.38. The van der Waals surface area contributed by atoms with E-state index in [0.717, 1.165) is 24.8 Å². The normalized spacial score (nSPS) is 12.8. The number of hydrogen-bond acceptors (Lipinski definition) is 4. The first-order valence-corrected chi connectivity index (χ1v) is 13.4. The molecule has 1 unspecified atom stereocenters. The minimum absolute atomic E-state index is 0.214. The molecule has 0 radical (unpaired) electrons. The Balaban J connectivity index is 1.94. The van der Waals surface area contributed by atoms with Crippen molar-refractivity contribution in [2.45, 2.75) is 51.0 Å². The Morgan fingerprint density at radius 1 is 0.943 bits per heavy atom. The number of benzene rings is 3. The molecule has 4 rings (SSSR count). The Morgan fingerprint density at radius 2 is 1.66 bits per heavy atom. The minimum atomic E-state index is -3.82. The van der Waals surface area contributed by atoms with Crippen LogP contribution in [0.4, 0.5) is 0 Å². The van der Waals surface area contributed by atoms with E-state index in [-0.39, 0.29) is 10.5 Å². The molecule has 0 saturated carbocycles. The highest BCUT2D eigenvalue weighted by molar-refractivity contribution is 7.89. The van der Waals surface area contributed by atoms with E-state index in [2.05, 4.69) is 6.92 Å². The van der Waals surface area contributed by atoms with Gasteiger partial charge in [-0.1, -0.05) is 62.2 Å². The van der Waals surface area contributed by atoms with Crippen molar-refractivity contribution in [1.29, 1.82) is 0 Å². The summed E-state index contributed by atoms with van der Waals surface area (Å²) in [5.74, 6) is 0.398. The lowest BCUT2D eigenvalue weighted by molar-refractivity contribution is 0.320. The molecular formula is C28H31N3O3S. The molecule has 0 spiro atoms. The highest BCUT2D eigenvalue weighted by Gasteiger charge is 2.32. The van der Waals surface area contributed by atoms with Crippen molar-refractivity contribution < 1.29 is 8.42 Å². The molecule has 6 nitrogen and oxygen atoms in total. The summed E-state index contributed by atoms with van der Waals surface area (Å²) in [6.45, 7) is 6.20. The van der Waals surface area contributed by atoms with Crippen LogP contribution >= 0.6 is 0 Å². The molecule has 0 saturated heterocycles. The molecule has 0 aliphatic carbocycles. The topological polar surface area (TPSA) is 72.3 Å². The number of nitrogens with zero attached hydrogens (tertiary/aromatic N) is 3. The van der Waals surface area contributed by atoms with Gasteiger partial charge in [-0.25, -0.2) is 13.4 Å². The fourth-order valence-corrected chi connectivity index (χ4v) is 5.99. The van der Waals surface area contributed by atoms with Crippen LogP contribution in [0.1, 0.15) is 50.5 Å². The molecule has 1 atom stereocenters. The van der Waals surface area contributed by atoms with Crippen LogP contribution in [0.5, 0.6) is 0 Å². The van der Waals surface area contributed by atoms with Crippen molar-refractivity contribution in [2.75, 3.05) is 6.54 Å². The summed E-state index contributed by atoms with van der Waals surface area (Å²) in [6, 6.07) is 22.6. The van der Waals surface area contributed by atoms with Gasteiger partial charge in [-0.3, -0.25) is 9.36 Å². The number of para-hydroxylation sites is 1. The van der Waals surface area contributed by atoms with E-state index in [1.165, 1.54) is 4.31 Å². The number of sulfonamides is 1. The molecular weight excluding hydrogens is 458 g/mol. The standard InChI is InChI=1S/C28H31N3O3S/c1-4-5-11-19-30(35(33,34)24-15-7-6-8-16-24)22(3)27-29-26-18-10-9-17-25(26)28(32)31(27)23-14-12-13-21(2)20-23/h6-10,12-18,20,22H,4-5,11,19H2,1-3H3. The number of unbranched alkanes of at least 4 members (excludes halogenated alkanes) is 2. The summed E-state index contributed by atoms with van der Waals surface area (Å²) in [5.41, 5.74) is 2.00. The molecule has 0 bridgehead atoms. The summed E-state index contributed by atoms with van der Waals surface area (Å²) in [6.07, 6.45) is 2.59. The van der Waals surface area contributed by atoms with Gasteiger partial charge in [-0.15, -0.1) is 0 Å². The van der Waals surface area contributed by atoms with Crippen LogP contribution in [-0.4, -0.2) is 28.8 Å². The van der Waals surface area contributed by atoms with Crippen LogP contribution in [0.3, 0.4) is 0 Å². The first-order chi connectivity index (χ1) is 16.8. The average Bonchev–Trinajstić information content (AvgIpc) is 2.86. The van der Waals surface area contributed by atoms with E-state index < -0.39 is 16.1 Å². The second-order valence-corrected chi connectivity index (χ2v) is 10.7. The van der Waals surface area contributed by atoms with Crippen molar-refractivity contribution in [2.24, 2.45) is 0 Å². The SMILES string of the molecule is CCCCCN(C(C)c1nc2ccccc2c(=O)n1-c1cccc(C)c1)S(=O)(=O)c1ccccc1. The van der Waals surface area contributed by atoms with Crippen LogP contribution in [-0.2, 0) is 10.0 Å². The number of fused-ring (bicyclic) bond motifs is 1. The second kappa shape index (κ2) is 10.5. The van der Waals surface area contributed by atoms with E-state index in [1.807, 2.05) is 50.2 Å². The Morgan fingerprint density at radius 3 is 2.37 bits per heavy atom. The van der Waals surface area contributed by atoms with Crippen molar-refractivity contribution in [3.05, 3.63) is 101 Å². The zero-order valence-corrected chi connectivity index (χ0v) is 21.2. The fourth-order valence-electron chi connectivity index (χ4n) is 4.34. The Bertz CT molecular complexity index is 1480. The summed E-state index contributed by atoms with van der Waals surface area (Å²) in [7, 11) is -3.82. The highest BCUT2D eigenvalue weighted by atomic mass is 32.2. The van der Waals surface area contributed by atoms with E-state index in [4.69, 9.17) is 4.98 Å². The van der Waals surface area contributed by atoms with Gasteiger partial charge in [-0.2, -0.15) is 4.31 Å². The first-order valence-electron chi connectivity index (χ1n) is 12.0. The summed E-state index contributed by atoms with van der Waals surface area (Å²) < 4.78 is 30.7. The van der Waals surface area contributed by atoms with Gasteiger partial charge in [0.05, 0.1) is 27.5 Å². The van der Waals surface area contributed by atoms with Crippen molar-refractivity contribution >= 4 is 20.9 Å². The quantitative estimate of drug-likeness (QED) is 0.285. The summed E-state index contributed by atoms with van der Waals surface area (Å²) in [5, 5.41) is 0.494. The van der Waals surface area contributed by atoms with Gasteiger partial charge in [0.25, 0.3) is 5.56 Å². The first kappa shape index (κ1) is 24.8. The van der Waals surface area contributed by atoms with Gasteiger partial charge in [0.15, 0.2) is 0 Å². The lowest BCUT2D eigenvalue weighted by Gasteiger charge is -2.30. The molecule has 1 aromatic heterocycles. The number of rotatable bonds is 9. The van der Waals surface area contributed by atoms with Crippen molar-refractivity contribution in [1.82, 2.24) is 13.9 Å². The molecule has 7 heteroatoms. The molecule has 0 fully saturated rings. The third-order valence-electron chi connectivity index (χ3n) is 6.20. The minimum Gasteiger partial charge on any atom is -0.268 e. The van der Waals surface area contributed by atoms with Gasteiger partial charge in [-0.05, 0) is 62.2 Å². The van der Waals surface area contributed by atoms with E-state index >= 15 is 0 Å². The van der Waals surface area contributed by atoms with Gasteiger partial charge < -0.3 is 0 Å². The van der Waals surface area contributed by atoms with Crippen LogP contribution in [0.25, 0.3) is 16.6 Å². The maximum absolute atomic E-state index is 13.8. The summed E-state index contributed by atoms with van der Waals surface area (Å²) >= 11 is 0. The van der Waals surface area contributed by atoms with Crippen LogP contribution in [0.2, 0.25) is 0 Å². The maximum atomic E-state index is 13.8. The van der Waals surface area contributed by atoms with E-state index in [1.54, 1.807) is 47.0 Å². The molecule has 1 heterocycles. The predicted molar refractivity (Wildman–Crippen MR) is 140 cm³/mol. The van der Waals surface area contributed by atoms with E-state index in [0.29, 0.717) is 29.0 Å². The van der Waals surface area contributed by atoms with Gasteiger partial charge >= 0.3 is 0 Å². The molecule has 182 valence electrons. The molecule has 0 aliphatic heterocycles. The third kappa shape index (κ3) is 5.06. The lowest BCUT2D eigenvalue weighted by atomic mass is 10.1. The fraction of sp³-hybridized carbons (Fsp3) is 0.286. The Kier molecular flexibility index (Phi) is 7.48. The number of aromatic nitrogens is 2. The number of aryl methyl sites for hydroxylation is 1. The van der Waals surface area contributed by atoms with E-state index in [9.17, 15) is 13.2 Å². The molecule has 0 amide bonds. The molecule has 0 N–H and O–H groups in total. The van der Waals surface area contributed by atoms with Gasteiger partial charge in [0, 0.05) is 6.54 Å². The van der Waals surface area contributed by atoms with Crippen molar-refractivity contribution in [3.63, 3.8) is 0 Å². The molecule has 3 aromatic carbocycles. The summed E-state index contributed by atoms with van der Waals surface area (Å²) in [4.78, 5) is 18.8.